The van der Waals surface area contributed by atoms with Crippen molar-refractivity contribution >= 4 is 36.6 Å². The van der Waals surface area contributed by atoms with Crippen LogP contribution in [-0.2, 0) is 30.8 Å². The van der Waals surface area contributed by atoms with E-state index in [1.807, 2.05) is 0 Å². The summed E-state index contributed by atoms with van der Waals surface area (Å²) in [4.78, 5) is 17.2. The third-order valence-corrected chi connectivity index (χ3v) is 14.1. The van der Waals surface area contributed by atoms with Crippen LogP contribution in [0, 0.1) is 0 Å². The van der Waals surface area contributed by atoms with Gasteiger partial charge in [0.15, 0.2) is 0 Å². The third kappa shape index (κ3) is 9.37. The van der Waals surface area contributed by atoms with Crippen molar-refractivity contribution in [3.63, 3.8) is 0 Å². The second kappa shape index (κ2) is 17.4. The Balaban J connectivity index is 1.06. The molecule has 7 nitrogen and oxygen atoms in total. The number of anilines is 1. The molecule has 3 heterocycles. The fourth-order valence-electron chi connectivity index (χ4n) is 7.98. The number of aromatic nitrogens is 2. The zero-order chi connectivity index (χ0) is 36.6. The molecule has 4 aromatic carbocycles. The molecule has 0 saturated carbocycles. The molecule has 9 heteroatoms. The van der Waals surface area contributed by atoms with Gasteiger partial charge in [-0.25, -0.2) is 9.97 Å². The number of halogens is 1. The first-order valence-electron chi connectivity index (χ1n) is 18.9. The van der Waals surface area contributed by atoms with Crippen LogP contribution in [0.25, 0.3) is 0 Å². The van der Waals surface area contributed by atoms with Crippen LogP contribution in [0.4, 0.5) is 5.82 Å². The summed E-state index contributed by atoms with van der Waals surface area (Å²) in [5, 5.41) is 3.15. The molecule has 5 aromatic rings. The van der Waals surface area contributed by atoms with Crippen molar-refractivity contribution in [2.75, 3.05) is 51.4 Å². The largest absolute Gasteiger partial charge is 0.497 e. The summed E-state index contributed by atoms with van der Waals surface area (Å²) >= 11 is 6.66. The summed E-state index contributed by atoms with van der Waals surface area (Å²) < 4.78 is 12.1. The van der Waals surface area contributed by atoms with Gasteiger partial charge in [0.2, 0.25) is 5.28 Å². The van der Waals surface area contributed by atoms with E-state index in [2.05, 4.69) is 144 Å². The first-order valence-corrected chi connectivity index (χ1v) is 20.7. The van der Waals surface area contributed by atoms with Gasteiger partial charge in [-0.1, -0.05) is 127 Å². The van der Waals surface area contributed by atoms with Crippen molar-refractivity contribution in [2.45, 2.75) is 57.4 Å². The number of hydrogen-bond acceptors (Lipinski definition) is 7. The minimum absolute atomic E-state index is 0.0140. The Hall–Kier alpha value is -4.05. The Morgan fingerprint density at radius 3 is 2.08 bits per heavy atom. The molecular formula is C44H51ClN5O2Si. The summed E-state index contributed by atoms with van der Waals surface area (Å²) in [7, 11) is 0.617. The van der Waals surface area contributed by atoms with E-state index in [1.165, 1.54) is 27.1 Å². The van der Waals surface area contributed by atoms with Crippen molar-refractivity contribution in [3.8, 4) is 5.75 Å². The highest BCUT2D eigenvalue weighted by atomic mass is 35.5. The molecule has 1 atom stereocenters. The SMILES string of the molecule is COc1ccc(CN2CCN(c3nc(Cl)nc4c3CCN(Cc3ccccc3)C4)CC2CCOCC(C)(C)[Si](c2ccccc2)c2ccccc2)cc1. The van der Waals surface area contributed by atoms with Gasteiger partial charge in [0.25, 0.3) is 0 Å². The lowest BCUT2D eigenvalue weighted by Crippen LogP contribution is -2.54. The number of nitrogens with zero attached hydrogens (tertiary/aromatic N) is 5. The van der Waals surface area contributed by atoms with Crippen molar-refractivity contribution in [2.24, 2.45) is 0 Å². The highest BCUT2D eigenvalue weighted by Crippen LogP contribution is 2.32. The van der Waals surface area contributed by atoms with Gasteiger partial charge in [0, 0.05) is 70.6 Å². The molecule has 1 radical (unpaired) electrons. The summed E-state index contributed by atoms with van der Waals surface area (Å²) in [6.07, 6.45) is 1.84. The average Bonchev–Trinajstić information content (AvgIpc) is 3.18. The predicted octanol–water partition coefficient (Wildman–Crippen LogP) is 6.88. The monoisotopic (exact) mass is 744 g/mol. The van der Waals surface area contributed by atoms with Crippen molar-refractivity contribution in [1.82, 2.24) is 19.8 Å². The van der Waals surface area contributed by atoms with Gasteiger partial charge in [-0.15, -0.1) is 0 Å². The van der Waals surface area contributed by atoms with E-state index in [-0.39, 0.29) is 11.1 Å². The van der Waals surface area contributed by atoms with Gasteiger partial charge in [-0.3, -0.25) is 9.80 Å². The van der Waals surface area contributed by atoms with Gasteiger partial charge < -0.3 is 14.4 Å². The summed E-state index contributed by atoms with van der Waals surface area (Å²) in [6.45, 7) is 12.3. The van der Waals surface area contributed by atoms with Crippen LogP contribution in [-0.4, -0.2) is 81.1 Å². The lowest BCUT2D eigenvalue weighted by atomic mass is 10.0. The van der Waals surface area contributed by atoms with Crippen molar-refractivity contribution in [1.29, 1.82) is 0 Å². The molecule has 1 aromatic heterocycles. The maximum atomic E-state index is 6.68. The fraction of sp³-hybridized carbons (Fsp3) is 0.364. The maximum absolute atomic E-state index is 6.68. The van der Waals surface area contributed by atoms with E-state index in [4.69, 9.17) is 31.0 Å². The van der Waals surface area contributed by atoms with E-state index < -0.39 is 8.80 Å². The number of ether oxygens (including phenoxy) is 2. The number of hydrogen-bond donors (Lipinski definition) is 0. The van der Waals surface area contributed by atoms with E-state index >= 15 is 0 Å². The zero-order valence-electron chi connectivity index (χ0n) is 31.3. The maximum Gasteiger partial charge on any atom is 0.224 e. The molecule has 0 spiro atoms. The Morgan fingerprint density at radius 1 is 0.774 bits per heavy atom. The highest BCUT2D eigenvalue weighted by molar-refractivity contribution is 6.87. The lowest BCUT2D eigenvalue weighted by Gasteiger charge is -2.43. The second-order valence-electron chi connectivity index (χ2n) is 14.9. The third-order valence-electron chi connectivity index (χ3n) is 10.7. The fourth-order valence-corrected chi connectivity index (χ4v) is 11.4. The number of methoxy groups -OCH3 is 1. The molecule has 0 bridgehead atoms. The first kappa shape index (κ1) is 37.3. The Kier molecular flexibility index (Phi) is 12.2. The van der Waals surface area contributed by atoms with Crippen LogP contribution >= 0.6 is 11.6 Å². The average molecular weight is 745 g/mol. The molecule has 7 rings (SSSR count). The molecule has 0 amide bonds. The summed E-state index contributed by atoms with van der Waals surface area (Å²) in [5.74, 6) is 1.89. The van der Waals surface area contributed by atoms with E-state index in [0.29, 0.717) is 18.5 Å². The minimum Gasteiger partial charge on any atom is -0.497 e. The Morgan fingerprint density at radius 2 is 1.42 bits per heavy atom. The molecule has 1 saturated heterocycles. The topological polar surface area (TPSA) is 54.0 Å². The number of benzene rings is 4. The number of rotatable bonds is 14. The molecule has 1 unspecified atom stereocenters. The van der Waals surface area contributed by atoms with Gasteiger partial charge in [0.05, 0.1) is 12.8 Å². The van der Waals surface area contributed by atoms with Crippen LogP contribution in [0.3, 0.4) is 0 Å². The van der Waals surface area contributed by atoms with E-state index in [1.54, 1.807) is 7.11 Å². The van der Waals surface area contributed by atoms with Crippen LogP contribution < -0.4 is 20.0 Å². The van der Waals surface area contributed by atoms with Crippen molar-refractivity contribution in [3.05, 3.63) is 143 Å². The molecule has 1 fully saturated rings. The first-order chi connectivity index (χ1) is 25.9. The van der Waals surface area contributed by atoms with Crippen LogP contribution in [0.2, 0.25) is 10.3 Å². The number of fused-ring (bicyclic) bond motifs is 1. The molecular weight excluding hydrogens is 694 g/mol. The molecule has 0 aliphatic carbocycles. The number of piperazine rings is 1. The highest BCUT2D eigenvalue weighted by Gasteiger charge is 2.36. The summed E-state index contributed by atoms with van der Waals surface area (Å²) in [6, 6.07) is 41.4. The van der Waals surface area contributed by atoms with Crippen LogP contribution in [0.15, 0.2) is 115 Å². The molecule has 275 valence electrons. The van der Waals surface area contributed by atoms with Gasteiger partial charge in [-0.2, -0.15) is 0 Å². The molecule has 53 heavy (non-hydrogen) atoms. The smallest absolute Gasteiger partial charge is 0.224 e. The zero-order valence-corrected chi connectivity index (χ0v) is 33.0. The Labute approximate surface area is 322 Å². The quantitative estimate of drug-likeness (QED) is 0.0699. The van der Waals surface area contributed by atoms with E-state index in [9.17, 15) is 0 Å². The van der Waals surface area contributed by atoms with Crippen LogP contribution in [0.5, 0.6) is 5.75 Å². The van der Waals surface area contributed by atoms with Crippen LogP contribution in [0.1, 0.15) is 42.7 Å². The standard InChI is InChI=1S/C44H51ClN5O2Si/c1-44(2,53(38-15-9-5-10-16-38)39-17-11-6-12-18-39)33-52-28-24-36-31-50(27-26-49(36)30-35-19-21-37(51-3)22-20-35)42-40-23-25-48(29-34-13-7-4-8-14-34)32-41(40)46-43(45)47-42/h4-22,36H,23-33H2,1-3H3. The molecule has 2 aliphatic rings. The molecule has 0 N–H and O–H groups in total. The van der Waals surface area contributed by atoms with Crippen molar-refractivity contribution < 1.29 is 9.47 Å². The van der Waals surface area contributed by atoms with Gasteiger partial charge in [0.1, 0.15) is 20.4 Å². The molecule has 2 aliphatic heterocycles. The predicted molar refractivity (Wildman–Crippen MR) is 218 cm³/mol. The normalized spacial score (nSPS) is 16.8. The van der Waals surface area contributed by atoms with Gasteiger partial charge in [-0.05, 0) is 52.7 Å². The second-order valence-corrected chi connectivity index (χ2v) is 18.5. The Bertz CT molecular complexity index is 1860. The van der Waals surface area contributed by atoms with Gasteiger partial charge >= 0.3 is 0 Å². The lowest BCUT2D eigenvalue weighted by molar-refractivity contribution is 0.0771. The minimum atomic E-state index is -1.10. The summed E-state index contributed by atoms with van der Waals surface area (Å²) in [5.41, 5.74) is 4.90. The van der Waals surface area contributed by atoms with E-state index in [0.717, 1.165) is 75.9 Å².